The predicted molar refractivity (Wildman–Crippen MR) is 61.4 cm³/mol. The maximum absolute atomic E-state index is 3.83. The van der Waals surface area contributed by atoms with Crippen molar-refractivity contribution in [1.29, 1.82) is 0 Å². The van der Waals surface area contributed by atoms with E-state index < -0.39 is 0 Å². The molecule has 0 saturated heterocycles. The second-order valence-corrected chi connectivity index (χ2v) is 4.18. The first kappa shape index (κ1) is 9.51. The summed E-state index contributed by atoms with van der Waals surface area (Å²) in [6.07, 6.45) is 4.69. The van der Waals surface area contributed by atoms with Crippen LogP contribution >= 0.6 is 0 Å². The smallest absolute Gasteiger partial charge is 0.0233 e. The van der Waals surface area contributed by atoms with Gasteiger partial charge < -0.3 is 0 Å². The van der Waals surface area contributed by atoms with Crippen molar-refractivity contribution in [3.63, 3.8) is 0 Å². The summed E-state index contributed by atoms with van der Waals surface area (Å²) in [5.41, 5.74) is 4.36. The summed E-state index contributed by atoms with van der Waals surface area (Å²) in [5.74, 6) is 2.12. The maximum Gasteiger partial charge on any atom is 0.0233 e. The minimum absolute atomic E-state index is 0.840. The minimum atomic E-state index is 0.840. The highest BCUT2D eigenvalue weighted by atomic mass is 14.3. The second-order valence-electron chi connectivity index (χ2n) is 4.18. The Hall–Kier alpha value is -1.04. The summed E-state index contributed by atoms with van der Waals surface area (Å²) in [6, 6.07) is 6.63. The lowest BCUT2D eigenvalue weighted by atomic mass is 9.91. The zero-order chi connectivity index (χ0) is 10.1. The van der Waals surface area contributed by atoms with Crippen molar-refractivity contribution in [1.82, 2.24) is 0 Å². The van der Waals surface area contributed by atoms with E-state index in [9.17, 15) is 0 Å². The Morgan fingerprint density at radius 3 is 2.71 bits per heavy atom. The fraction of sp³-hybridized carbons (Fsp3) is 0.357. The molecule has 0 aliphatic heterocycles. The van der Waals surface area contributed by atoms with E-state index in [4.69, 9.17) is 0 Å². The van der Waals surface area contributed by atoms with Crippen molar-refractivity contribution in [2.75, 3.05) is 0 Å². The van der Waals surface area contributed by atoms with Gasteiger partial charge in [-0.3, -0.25) is 0 Å². The van der Waals surface area contributed by atoms with Crippen LogP contribution in [0.15, 0.2) is 30.9 Å². The molecular weight excluding hydrogens is 168 g/mol. The van der Waals surface area contributed by atoms with E-state index in [1.807, 2.05) is 6.08 Å². The van der Waals surface area contributed by atoms with Gasteiger partial charge in [-0.05, 0) is 42.4 Å². The molecule has 14 heavy (non-hydrogen) atoms. The third-order valence-electron chi connectivity index (χ3n) is 3.12. The minimum Gasteiger partial charge on any atom is -0.102 e. The predicted octanol–water partition coefficient (Wildman–Crippen LogP) is 4.00. The fourth-order valence-corrected chi connectivity index (χ4v) is 2.03. The molecule has 0 nitrogen and oxygen atoms in total. The third kappa shape index (κ3) is 1.61. The van der Waals surface area contributed by atoms with Crippen LogP contribution < -0.4 is 0 Å². The highest BCUT2D eigenvalue weighted by molar-refractivity contribution is 5.47. The zero-order valence-electron chi connectivity index (χ0n) is 9.01. The summed E-state index contributed by atoms with van der Waals surface area (Å²) < 4.78 is 0. The molecule has 0 unspecified atom stereocenters. The first-order chi connectivity index (χ1) is 6.74. The molecule has 1 radical (unpaired) electrons. The van der Waals surface area contributed by atoms with Crippen LogP contribution in [-0.4, -0.2) is 0 Å². The molecule has 2 rings (SSSR count). The van der Waals surface area contributed by atoms with E-state index in [0.717, 1.165) is 5.92 Å². The molecule has 0 spiro atoms. The van der Waals surface area contributed by atoms with Gasteiger partial charge in [0.05, 0.1) is 0 Å². The monoisotopic (exact) mass is 185 g/mol. The SMILES string of the molecule is C=C[C](C)c1cccc(C2CC2)c1C. The average Bonchev–Trinajstić information content (AvgIpc) is 3.01. The van der Waals surface area contributed by atoms with Crippen LogP contribution in [0.1, 0.15) is 42.4 Å². The number of hydrogen-bond donors (Lipinski definition) is 0. The van der Waals surface area contributed by atoms with Crippen LogP contribution in [0.2, 0.25) is 0 Å². The maximum atomic E-state index is 3.83. The summed E-state index contributed by atoms with van der Waals surface area (Å²) in [6.45, 7) is 8.19. The highest BCUT2D eigenvalue weighted by Crippen LogP contribution is 2.42. The molecule has 0 amide bonds. The Morgan fingerprint density at radius 1 is 1.43 bits per heavy atom. The van der Waals surface area contributed by atoms with Gasteiger partial charge in [0, 0.05) is 5.92 Å². The van der Waals surface area contributed by atoms with Gasteiger partial charge in [-0.25, -0.2) is 0 Å². The zero-order valence-corrected chi connectivity index (χ0v) is 9.01. The van der Waals surface area contributed by atoms with Crippen LogP contribution in [-0.2, 0) is 0 Å². The molecule has 1 saturated carbocycles. The van der Waals surface area contributed by atoms with Crippen molar-refractivity contribution < 1.29 is 0 Å². The van der Waals surface area contributed by atoms with Crippen molar-refractivity contribution in [3.8, 4) is 0 Å². The number of hydrogen-bond acceptors (Lipinski definition) is 0. The highest BCUT2D eigenvalue weighted by Gasteiger charge is 2.25. The van der Waals surface area contributed by atoms with Crippen LogP contribution in [0.3, 0.4) is 0 Å². The van der Waals surface area contributed by atoms with Crippen molar-refractivity contribution in [2.45, 2.75) is 32.6 Å². The molecule has 1 aliphatic rings. The Morgan fingerprint density at radius 2 is 2.14 bits per heavy atom. The van der Waals surface area contributed by atoms with Gasteiger partial charge in [-0.15, -0.1) is 6.58 Å². The Balaban J connectivity index is 2.40. The van der Waals surface area contributed by atoms with Gasteiger partial charge >= 0.3 is 0 Å². The molecule has 0 N–H and O–H groups in total. The lowest BCUT2D eigenvalue weighted by Gasteiger charge is -2.13. The summed E-state index contributed by atoms with van der Waals surface area (Å²) in [5, 5.41) is 0. The van der Waals surface area contributed by atoms with E-state index in [0.29, 0.717) is 0 Å². The Kier molecular flexibility index (Phi) is 2.45. The quantitative estimate of drug-likeness (QED) is 0.667. The second kappa shape index (κ2) is 3.61. The molecule has 0 heterocycles. The number of allylic oxidation sites excluding steroid dienone is 1. The van der Waals surface area contributed by atoms with Crippen LogP contribution in [0.25, 0.3) is 0 Å². The van der Waals surface area contributed by atoms with Crippen molar-refractivity contribution in [3.05, 3.63) is 53.5 Å². The van der Waals surface area contributed by atoms with Crippen molar-refractivity contribution >= 4 is 0 Å². The van der Waals surface area contributed by atoms with E-state index >= 15 is 0 Å². The van der Waals surface area contributed by atoms with Gasteiger partial charge in [-0.1, -0.05) is 31.2 Å². The topological polar surface area (TPSA) is 0 Å². The number of rotatable bonds is 3. The average molecular weight is 185 g/mol. The van der Waals surface area contributed by atoms with Gasteiger partial charge in [0.15, 0.2) is 0 Å². The molecule has 0 aromatic heterocycles. The lowest BCUT2D eigenvalue weighted by Crippen LogP contribution is -1.97. The standard InChI is InChI=1S/C14H17/c1-4-10(2)13-6-5-7-14(11(13)3)12-8-9-12/h4-7,12H,1,8-9H2,2-3H3. The summed E-state index contributed by atoms with van der Waals surface area (Å²) in [7, 11) is 0. The van der Waals surface area contributed by atoms with E-state index in [1.165, 1.54) is 29.9 Å². The lowest BCUT2D eigenvalue weighted by molar-refractivity contribution is 1.07. The molecule has 0 bridgehead atoms. The van der Waals surface area contributed by atoms with Crippen LogP contribution in [0.4, 0.5) is 0 Å². The largest absolute Gasteiger partial charge is 0.102 e. The first-order valence-electron chi connectivity index (χ1n) is 5.30. The summed E-state index contributed by atoms with van der Waals surface area (Å²) >= 11 is 0. The molecule has 1 aromatic rings. The number of benzene rings is 1. The molecular formula is C14H17. The van der Waals surface area contributed by atoms with E-state index in [1.54, 1.807) is 5.56 Å². The Labute approximate surface area is 86.7 Å². The molecule has 1 aliphatic carbocycles. The first-order valence-corrected chi connectivity index (χ1v) is 5.30. The Bertz CT molecular complexity index is 345. The third-order valence-corrected chi connectivity index (χ3v) is 3.12. The molecule has 1 fully saturated rings. The van der Waals surface area contributed by atoms with Crippen LogP contribution in [0, 0.1) is 12.8 Å². The normalized spacial score (nSPS) is 15.9. The van der Waals surface area contributed by atoms with E-state index in [-0.39, 0.29) is 0 Å². The molecule has 73 valence electrons. The molecule has 0 atom stereocenters. The van der Waals surface area contributed by atoms with Gasteiger partial charge in [0.1, 0.15) is 0 Å². The van der Waals surface area contributed by atoms with Gasteiger partial charge in [-0.2, -0.15) is 0 Å². The molecule has 1 aromatic carbocycles. The van der Waals surface area contributed by atoms with Gasteiger partial charge in [0.2, 0.25) is 0 Å². The van der Waals surface area contributed by atoms with Crippen molar-refractivity contribution in [2.24, 2.45) is 0 Å². The molecule has 0 heteroatoms. The van der Waals surface area contributed by atoms with Crippen LogP contribution in [0.5, 0.6) is 0 Å². The van der Waals surface area contributed by atoms with E-state index in [2.05, 4.69) is 38.6 Å². The summed E-state index contributed by atoms with van der Waals surface area (Å²) in [4.78, 5) is 0. The fourth-order valence-electron chi connectivity index (χ4n) is 2.03. The van der Waals surface area contributed by atoms with Gasteiger partial charge in [0.25, 0.3) is 0 Å².